The van der Waals surface area contributed by atoms with E-state index in [1.54, 1.807) is 6.33 Å². The van der Waals surface area contributed by atoms with Crippen LogP contribution >= 0.6 is 27.3 Å². The molecule has 20 heavy (non-hydrogen) atoms. The monoisotopic (exact) mass is 348 g/mol. The summed E-state index contributed by atoms with van der Waals surface area (Å²) < 4.78 is 2.89. The standard InChI is InChI=1S/C15H13BrN2OS/c1-9-5-11-12(6-10(9)2)18(8-17-11)7-13(19)14-3-4-15(16)20-14/h3-6,8H,7H2,1-2H3. The van der Waals surface area contributed by atoms with Gasteiger partial charge in [0.2, 0.25) is 0 Å². The van der Waals surface area contributed by atoms with Gasteiger partial charge in [0.25, 0.3) is 0 Å². The molecule has 2 aromatic heterocycles. The minimum atomic E-state index is 0.109. The second-order valence-electron chi connectivity index (χ2n) is 4.82. The first-order chi connectivity index (χ1) is 9.54. The molecule has 0 fully saturated rings. The Labute approximate surface area is 129 Å². The van der Waals surface area contributed by atoms with Crippen LogP contribution in [0.3, 0.4) is 0 Å². The summed E-state index contributed by atoms with van der Waals surface area (Å²) in [5, 5.41) is 0. The molecule has 0 aliphatic heterocycles. The van der Waals surface area contributed by atoms with Gasteiger partial charge in [-0.3, -0.25) is 4.79 Å². The van der Waals surface area contributed by atoms with E-state index in [9.17, 15) is 4.79 Å². The molecular formula is C15H13BrN2OS. The van der Waals surface area contributed by atoms with Crippen molar-refractivity contribution in [1.82, 2.24) is 9.55 Å². The van der Waals surface area contributed by atoms with Crippen LogP contribution < -0.4 is 0 Å². The molecule has 3 nitrogen and oxygen atoms in total. The van der Waals surface area contributed by atoms with Crippen molar-refractivity contribution in [2.24, 2.45) is 0 Å². The van der Waals surface area contributed by atoms with Gasteiger partial charge in [0.05, 0.1) is 32.6 Å². The lowest BCUT2D eigenvalue weighted by atomic mass is 10.1. The number of Topliss-reactive ketones (excluding diaryl/α,β-unsaturated/α-hetero) is 1. The molecule has 0 atom stereocenters. The zero-order valence-corrected chi connectivity index (χ0v) is 13.6. The second-order valence-corrected chi connectivity index (χ2v) is 7.29. The Morgan fingerprint density at radius 3 is 2.75 bits per heavy atom. The number of nitrogens with zero attached hydrogens (tertiary/aromatic N) is 2. The normalized spacial score (nSPS) is 11.2. The molecule has 0 saturated carbocycles. The fourth-order valence-corrected chi connectivity index (χ4v) is 3.45. The lowest BCUT2D eigenvalue weighted by Gasteiger charge is -2.04. The van der Waals surface area contributed by atoms with E-state index >= 15 is 0 Å². The van der Waals surface area contributed by atoms with Gasteiger partial charge in [0.15, 0.2) is 5.78 Å². The molecule has 0 unspecified atom stereocenters. The van der Waals surface area contributed by atoms with Gasteiger partial charge in [-0.05, 0) is 65.2 Å². The quantitative estimate of drug-likeness (QED) is 0.659. The van der Waals surface area contributed by atoms with Crippen LogP contribution in [-0.2, 0) is 6.54 Å². The minimum absolute atomic E-state index is 0.109. The minimum Gasteiger partial charge on any atom is -0.323 e. The van der Waals surface area contributed by atoms with Crippen molar-refractivity contribution in [1.29, 1.82) is 0 Å². The summed E-state index contributed by atoms with van der Waals surface area (Å²) in [6.45, 7) is 4.47. The molecule has 0 saturated heterocycles. The van der Waals surface area contributed by atoms with Crippen LogP contribution in [-0.4, -0.2) is 15.3 Å². The third kappa shape index (κ3) is 2.43. The number of hydrogen-bond acceptors (Lipinski definition) is 3. The van der Waals surface area contributed by atoms with Crippen LogP contribution in [0.5, 0.6) is 0 Å². The summed E-state index contributed by atoms with van der Waals surface area (Å²) in [7, 11) is 0. The number of imidazole rings is 1. The van der Waals surface area contributed by atoms with Gasteiger partial charge in [-0.15, -0.1) is 11.3 Å². The predicted molar refractivity (Wildman–Crippen MR) is 85.6 cm³/mol. The number of hydrogen-bond donors (Lipinski definition) is 0. The molecule has 3 aromatic rings. The Hall–Kier alpha value is -1.46. The van der Waals surface area contributed by atoms with Gasteiger partial charge in [0, 0.05) is 0 Å². The van der Waals surface area contributed by atoms with Crippen molar-refractivity contribution in [2.45, 2.75) is 20.4 Å². The lowest BCUT2D eigenvalue weighted by molar-refractivity contribution is 0.0977. The van der Waals surface area contributed by atoms with Crippen LogP contribution in [0.1, 0.15) is 20.8 Å². The van der Waals surface area contributed by atoms with Crippen molar-refractivity contribution in [3.8, 4) is 0 Å². The topological polar surface area (TPSA) is 34.9 Å². The van der Waals surface area contributed by atoms with E-state index < -0.39 is 0 Å². The van der Waals surface area contributed by atoms with Crippen LogP contribution in [0.25, 0.3) is 11.0 Å². The van der Waals surface area contributed by atoms with E-state index in [1.807, 2.05) is 16.7 Å². The van der Waals surface area contributed by atoms with E-state index in [-0.39, 0.29) is 5.78 Å². The Bertz CT molecular complexity index is 803. The summed E-state index contributed by atoms with van der Waals surface area (Å²) >= 11 is 4.84. The highest BCUT2D eigenvalue weighted by molar-refractivity contribution is 9.11. The molecule has 0 aliphatic carbocycles. The first kappa shape index (κ1) is 13.5. The number of thiophene rings is 1. The second kappa shape index (κ2) is 5.14. The molecule has 1 aromatic carbocycles. The molecule has 0 aliphatic rings. The van der Waals surface area contributed by atoms with E-state index in [0.29, 0.717) is 6.54 Å². The Morgan fingerprint density at radius 2 is 2.05 bits per heavy atom. The predicted octanol–water partition coefficient (Wildman–Crippen LogP) is 4.36. The number of carbonyl (C=O) groups is 1. The van der Waals surface area contributed by atoms with E-state index in [4.69, 9.17) is 0 Å². The fraction of sp³-hybridized carbons (Fsp3) is 0.200. The number of fused-ring (bicyclic) bond motifs is 1. The largest absolute Gasteiger partial charge is 0.323 e. The molecule has 0 N–H and O–H groups in total. The molecule has 0 amide bonds. The zero-order valence-electron chi connectivity index (χ0n) is 11.2. The maximum Gasteiger partial charge on any atom is 0.192 e. The third-order valence-electron chi connectivity index (χ3n) is 3.40. The molecule has 0 spiro atoms. The molecular weight excluding hydrogens is 336 g/mol. The third-order valence-corrected chi connectivity index (χ3v) is 5.06. The van der Waals surface area contributed by atoms with Crippen LogP contribution in [0.15, 0.2) is 34.4 Å². The first-order valence-electron chi connectivity index (χ1n) is 6.25. The molecule has 0 radical (unpaired) electrons. The van der Waals surface area contributed by atoms with E-state index in [0.717, 1.165) is 19.7 Å². The number of halogens is 1. The highest BCUT2D eigenvalue weighted by atomic mass is 79.9. The average molecular weight is 349 g/mol. The highest BCUT2D eigenvalue weighted by Gasteiger charge is 2.12. The molecule has 3 rings (SSSR count). The molecule has 102 valence electrons. The Morgan fingerprint density at radius 1 is 1.30 bits per heavy atom. The first-order valence-corrected chi connectivity index (χ1v) is 7.86. The van der Waals surface area contributed by atoms with Crippen molar-refractivity contribution >= 4 is 44.1 Å². The fourth-order valence-electron chi connectivity index (χ4n) is 2.14. The van der Waals surface area contributed by atoms with Gasteiger partial charge in [-0.25, -0.2) is 4.98 Å². The summed E-state index contributed by atoms with van der Waals surface area (Å²) in [5.74, 6) is 0.109. The number of aryl methyl sites for hydroxylation is 2. The van der Waals surface area contributed by atoms with Gasteiger partial charge in [-0.2, -0.15) is 0 Å². The maximum atomic E-state index is 12.3. The maximum absolute atomic E-state index is 12.3. The van der Waals surface area contributed by atoms with Gasteiger partial charge in [0.1, 0.15) is 0 Å². The van der Waals surface area contributed by atoms with Gasteiger partial charge in [-0.1, -0.05) is 0 Å². The van der Waals surface area contributed by atoms with Crippen LogP contribution in [0, 0.1) is 13.8 Å². The summed E-state index contributed by atoms with van der Waals surface area (Å²) in [4.78, 5) is 17.4. The molecule has 0 bridgehead atoms. The van der Waals surface area contributed by atoms with E-state index in [1.165, 1.54) is 22.5 Å². The smallest absolute Gasteiger partial charge is 0.192 e. The van der Waals surface area contributed by atoms with Crippen molar-refractivity contribution in [3.05, 3.63) is 50.4 Å². The highest BCUT2D eigenvalue weighted by Crippen LogP contribution is 2.24. The number of aromatic nitrogens is 2. The van der Waals surface area contributed by atoms with Crippen molar-refractivity contribution in [2.75, 3.05) is 0 Å². The molecule has 2 heterocycles. The number of carbonyl (C=O) groups excluding carboxylic acids is 1. The van der Waals surface area contributed by atoms with Crippen LogP contribution in [0.4, 0.5) is 0 Å². The van der Waals surface area contributed by atoms with Crippen molar-refractivity contribution in [3.63, 3.8) is 0 Å². The van der Waals surface area contributed by atoms with Crippen LogP contribution in [0.2, 0.25) is 0 Å². The van der Waals surface area contributed by atoms with Gasteiger partial charge >= 0.3 is 0 Å². The SMILES string of the molecule is Cc1cc2ncn(CC(=O)c3ccc(Br)s3)c2cc1C. The van der Waals surface area contributed by atoms with Gasteiger partial charge < -0.3 is 4.57 Å². The zero-order chi connectivity index (χ0) is 14.3. The average Bonchev–Trinajstić information content (AvgIpc) is 2.98. The Kier molecular flexibility index (Phi) is 3.48. The Balaban J connectivity index is 1.95. The number of ketones is 1. The summed E-state index contributed by atoms with van der Waals surface area (Å²) in [5.41, 5.74) is 4.38. The van der Waals surface area contributed by atoms with Crippen molar-refractivity contribution < 1.29 is 4.79 Å². The number of rotatable bonds is 3. The number of benzene rings is 1. The summed E-state index contributed by atoms with van der Waals surface area (Å²) in [6.07, 6.45) is 1.74. The van der Waals surface area contributed by atoms with E-state index in [2.05, 4.69) is 46.9 Å². The summed E-state index contributed by atoms with van der Waals surface area (Å²) in [6, 6.07) is 7.91. The lowest BCUT2D eigenvalue weighted by Crippen LogP contribution is -2.08. The molecule has 5 heteroatoms.